The molecule has 0 N–H and O–H groups in total. The number of thioether (sulfide) groups is 1. The van der Waals surface area contributed by atoms with E-state index < -0.39 is 0 Å². The molecule has 0 bridgehead atoms. The molecule has 3 nitrogen and oxygen atoms in total. The summed E-state index contributed by atoms with van der Waals surface area (Å²) in [6.07, 6.45) is 0.499. The molecule has 1 fully saturated rings. The monoisotopic (exact) mass is 307 g/mol. The summed E-state index contributed by atoms with van der Waals surface area (Å²) in [5, 5.41) is 2.02. The van der Waals surface area contributed by atoms with Crippen molar-refractivity contribution in [2.45, 2.75) is 19.4 Å². The highest BCUT2D eigenvalue weighted by Gasteiger charge is 2.30. The third kappa shape index (κ3) is 2.94. The minimum atomic E-state index is 0.0786. The zero-order chi connectivity index (χ0) is 13.9. The van der Waals surface area contributed by atoms with Crippen molar-refractivity contribution >= 4 is 29.0 Å². The van der Waals surface area contributed by atoms with Crippen LogP contribution in [-0.4, -0.2) is 28.9 Å². The molecular weight excluding hydrogens is 290 g/mol. The molecule has 3 rings (SSSR count). The van der Waals surface area contributed by atoms with Gasteiger partial charge in [-0.25, -0.2) is 0 Å². The molecule has 0 radical (unpaired) electrons. The van der Waals surface area contributed by atoms with Crippen molar-refractivity contribution in [1.82, 2.24) is 4.90 Å². The van der Waals surface area contributed by atoms with Crippen LogP contribution in [0.4, 0.5) is 0 Å². The molecule has 0 aromatic carbocycles. The Morgan fingerprint density at radius 2 is 2.35 bits per heavy atom. The van der Waals surface area contributed by atoms with Gasteiger partial charge in [0.2, 0.25) is 5.91 Å². The molecule has 0 saturated carbocycles. The van der Waals surface area contributed by atoms with Crippen LogP contribution < -0.4 is 0 Å². The fraction of sp³-hybridized carbons (Fsp3) is 0.400. The number of hydrogen-bond acceptors (Lipinski definition) is 4. The number of aryl methyl sites for hydroxylation is 1. The molecule has 20 heavy (non-hydrogen) atoms. The van der Waals surface area contributed by atoms with Crippen molar-refractivity contribution in [2.24, 2.45) is 0 Å². The van der Waals surface area contributed by atoms with Crippen LogP contribution in [0.3, 0.4) is 0 Å². The molecule has 1 amide bonds. The zero-order valence-corrected chi connectivity index (χ0v) is 13.0. The van der Waals surface area contributed by atoms with Gasteiger partial charge in [-0.15, -0.1) is 11.3 Å². The molecular formula is C15H17NO2S2. The lowest BCUT2D eigenvalue weighted by molar-refractivity contribution is -0.132. The van der Waals surface area contributed by atoms with Crippen molar-refractivity contribution in [2.75, 3.05) is 18.1 Å². The van der Waals surface area contributed by atoms with E-state index in [-0.39, 0.29) is 11.9 Å². The van der Waals surface area contributed by atoms with E-state index in [1.807, 2.05) is 53.2 Å². The van der Waals surface area contributed by atoms with Gasteiger partial charge in [0.15, 0.2) is 0 Å². The normalized spacial score (nSPS) is 19.2. The summed E-state index contributed by atoms with van der Waals surface area (Å²) in [5.41, 5.74) is 0. The third-order valence-corrected chi connectivity index (χ3v) is 5.34. The summed E-state index contributed by atoms with van der Waals surface area (Å²) >= 11 is 3.53. The molecule has 0 unspecified atom stereocenters. The van der Waals surface area contributed by atoms with Gasteiger partial charge in [-0.3, -0.25) is 4.79 Å². The average molecular weight is 307 g/mol. The number of furan rings is 1. The van der Waals surface area contributed by atoms with E-state index in [1.165, 1.54) is 0 Å². The highest BCUT2D eigenvalue weighted by molar-refractivity contribution is 7.99. The molecule has 3 heterocycles. The molecule has 1 aliphatic rings. The van der Waals surface area contributed by atoms with Crippen LogP contribution in [0.5, 0.6) is 0 Å². The first-order valence-electron chi connectivity index (χ1n) is 6.70. The highest BCUT2D eigenvalue weighted by atomic mass is 32.2. The van der Waals surface area contributed by atoms with E-state index in [2.05, 4.69) is 0 Å². The van der Waals surface area contributed by atoms with Gasteiger partial charge in [0, 0.05) is 22.9 Å². The van der Waals surface area contributed by atoms with Crippen molar-refractivity contribution in [3.63, 3.8) is 0 Å². The fourth-order valence-electron chi connectivity index (χ4n) is 2.43. The van der Waals surface area contributed by atoms with E-state index in [1.54, 1.807) is 11.3 Å². The molecule has 106 valence electrons. The van der Waals surface area contributed by atoms with Gasteiger partial charge in [0.1, 0.15) is 11.5 Å². The van der Waals surface area contributed by atoms with E-state index in [4.69, 9.17) is 4.42 Å². The Morgan fingerprint density at radius 1 is 1.45 bits per heavy atom. The number of carbonyl (C=O) groups is 1. The van der Waals surface area contributed by atoms with Gasteiger partial charge in [-0.2, -0.15) is 11.8 Å². The molecule has 5 heteroatoms. The lowest BCUT2D eigenvalue weighted by Gasteiger charge is -2.34. The largest absolute Gasteiger partial charge is 0.464 e. The standard InChI is InChI=1S/C15H17NO2S2/c1-11-4-5-14(18-11)13-10-19-8-6-16(13)15(17)9-12-3-2-7-20-12/h2-5,7,13H,6,8-10H2,1H3/t13-/m1/s1. The number of rotatable bonds is 3. The second-order valence-electron chi connectivity index (χ2n) is 4.88. The van der Waals surface area contributed by atoms with Gasteiger partial charge in [-0.05, 0) is 30.5 Å². The van der Waals surface area contributed by atoms with Crippen LogP contribution >= 0.6 is 23.1 Å². The van der Waals surface area contributed by atoms with E-state index in [9.17, 15) is 4.79 Å². The summed E-state index contributed by atoms with van der Waals surface area (Å²) in [7, 11) is 0. The maximum Gasteiger partial charge on any atom is 0.228 e. The van der Waals surface area contributed by atoms with Crippen LogP contribution in [-0.2, 0) is 11.2 Å². The van der Waals surface area contributed by atoms with Crippen LogP contribution in [0.15, 0.2) is 34.1 Å². The van der Waals surface area contributed by atoms with Crippen molar-refractivity contribution < 1.29 is 9.21 Å². The topological polar surface area (TPSA) is 33.5 Å². The molecule has 1 atom stereocenters. The number of nitrogens with zero attached hydrogens (tertiary/aromatic N) is 1. The Morgan fingerprint density at radius 3 is 3.05 bits per heavy atom. The van der Waals surface area contributed by atoms with Crippen LogP contribution in [0, 0.1) is 6.92 Å². The Labute approximate surface area is 127 Å². The molecule has 1 aliphatic heterocycles. The first kappa shape index (κ1) is 13.8. The predicted octanol–water partition coefficient (Wildman–Crippen LogP) is 3.51. The van der Waals surface area contributed by atoms with Crippen molar-refractivity contribution in [3.8, 4) is 0 Å². The van der Waals surface area contributed by atoms with Gasteiger partial charge < -0.3 is 9.32 Å². The lowest BCUT2D eigenvalue weighted by atomic mass is 10.2. The maximum absolute atomic E-state index is 12.5. The average Bonchev–Trinajstić information content (AvgIpc) is 3.10. The number of carbonyl (C=O) groups excluding carboxylic acids is 1. The highest BCUT2D eigenvalue weighted by Crippen LogP contribution is 2.31. The van der Waals surface area contributed by atoms with Crippen molar-refractivity contribution in [1.29, 1.82) is 0 Å². The fourth-order valence-corrected chi connectivity index (χ4v) is 4.19. The summed E-state index contributed by atoms with van der Waals surface area (Å²) in [4.78, 5) is 15.6. The summed E-state index contributed by atoms with van der Waals surface area (Å²) in [6, 6.07) is 8.06. The van der Waals surface area contributed by atoms with Crippen LogP contribution in [0.25, 0.3) is 0 Å². The van der Waals surface area contributed by atoms with Gasteiger partial charge in [-0.1, -0.05) is 6.07 Å². The minimum absolute atomic E-state index is 0.0786. The quantitative estimate of drug-likeness (QED) is 0.870. The second-order valence-corrected chi connectivity index (χ2v) is 7.06. The molecule has 0 aliphatic carbocycles. The zero-order valence-electron chi connectivity index (χ0n) is 11.4. The van der Waals surface area contributed by atoms with Crippen LogP contribution in [0.1, 0.15) is 22.4 Å². The molecule has 0 spiro atoms. The summed E-state index contributed by atoms with van der Waals surface area (Å²) in [5.74, 6) is 3.94. The van der Waals surface area contributed by atoms with E-state index in [0.717, 1.165) is 34.4 Å². The van der Waals surface area contributed by atoms with Gasteiger partial charge >= 0.3 is 0 Å². The van der Waals surface area contributed by atoms with Gasteiger partial charge in [0.25, 0.3) is 0 Å². The maximum atomic E-state index is 12.5. The van der Waals surface area contributed by atoms with E-state index in [0.29, 0.717) is 6.42 Å². The Hall–Kier alpha value is -1.20. The molecule has 2 aromatic rings. The first-order chi connectivity index (χ1) is 9.74. The smallest absolute Gasteiger partial charge is 0.228 e. The summed E-state index contributed by atoms with van der Waals surface area (Å²) in [6.45, 7) is 2.75. The second kappa shape index (κ2) is 6.06. The number of thiophene rings is 1. The SMILES string of the molecule is Cc1ccc([C@H]2CSCCN2C(=O)Cc2cccs2)o1. The first-order valence-corrected chi connectivity index (χ1v) is 8.73. The number of hydrogen-bond donors (Lipinski definition) is 0. The Balaban J connectivity index is 1.76. The minimum Gasteiger partial charge on any atom is -0.464 e. The Bertz CT molecular complexity index is 576. The van der Waals surface area contributed by atoms with E-state index >= 15 is 0 Å². The van der Waals surface area contributed by atoms with Gasteiger partial charge in [0.05, 0.1) is 12.5 Å². The van der Waals surface area contributed by atoms with Crippen LogP contribution in [0.2, 0.25) is 0 Å². The summed E-state index contributed by atoms with van der Waals surface area (Å²) < 4.78 is 5.73. The lowest BCUT2D eigenvalue weighted by Crippen LogP contribution is -2.41. The molecule has 1 saturated heterocycles. The predicted molar refractivity (Wildman–Crippen MR) is 83.2 cm³/mol. The number of amides is 1. The Kier molecular flexibility index (Phi) is 4.17. The molecule has 2 aromatic heterocycles. The van der Waals surface area contributed by atoms with Crippen molar-refractivity contribution in [3.05, 3.63) is 46.0 Å². The third-order valence-electron chi connectivity index (χ3n) is 3.44.